The zero-order valence-electron chi connectivity index (χ0n) is 20.9. The number of nitrogens with zero attached hydrogens (tertiary/aromatic N) is 1. The van der Waals surface area contributed by atoms with Crippen molar-refractivity contribution in [2.24, 2.45) is 0 Å². The van der Waals surface area contributed by atoms with Gasteiger partial charge in [-0.3, -0.25) is 27.7 Å². The molecule has 210 valence electrons. The second-order valence-corrected chi connectivity index (χ2v) is 10.2. The molecule has 0 aliphatic carbocycles. The zero-order valence-corrected chi connectivity index (χ0v) is 28.7. The van der Waals surface area contributed by atoms with Gasteiger partial charge < -0.3 is 59.3 Å². The summed E-state index contributed by atoms with van der Waals surface area (Å²) in [5, 5.41) is 60.3. The molecule has 0 aromatic carbocycles. The Labute approximate surface area is 289 Å². The maximum atomic E-state index is 12.7. The first-order valence-corrected chi connectivity index (χ1v) is 12.6. The second kappa shape index (κ2) is 18.0. The average Bonchev–Trinajstić information content (AvgIpc) is 3.07. The first-order chi connectivity index (χ1) is 17.0. The molecule has 2 heterocycles. The minimum Gasteiger partial charge on any atom is -0.789 e. The summed E-state index contributed by atoms with van der Waals surface area (Å²) in [5.74, 6) is -2.52. The van der Waals surface area contributed by atoms with Gasteiger partial charge in [-0.1, -0.05) is 0 Å². The normalized spacial score (nSPS) is 25.1. The van der Waals surface area contributed by atoms with Crippen LogP contribution < -0.4 is 115 Å². The van der Waals surface area contributed by atoms with E-state index in [1.165, 1.54) is 0 Å². The van der Waals surface area contributed by atoms with Crippen LogP contribution in [0.5, 0.6) is 0 Å². The molecule has 40 heavy (non-hydrogen) atoms. The smallest absolute Gasteiger partial charge is 0.789 e. The van der Waals surface area contributed by atoms with Crippen LogP contribution in [0, 0.1) is 0 Å². The summed E-state index contributed by atoms with van der Waals surface area (Å²) in [5.41, 5.74) is -1.91. The Morgan fingerprint density at radius 1 is 1.12 bits per heavy atom. The van der Waals surface area contributed by atoms with Crippen molar-refractivity contribution in [1.82, 2.24) is 9.55 Å². The molecule has 1 fully saturated rings. The number of rotatable bonds is 13. The van der Waals surface area contributed by atoms with Crippen LogP contribution in [-0.4, -0.2) is 96.7 Å². The molecule has 25 heteroatoms. The number of phosphoric ester groups is 1. The predicted molar refractivity (Wildman–Crippen MR) is 103 cm³/mol. The number of aromatic nitrogens is 2. The van der Waals surface area contributed by atoms with Gasteiger partial charge in [0.25, 0.3) is 5.56 Å². The van der Waals surface area contributed by atoms with Crippen LogP contribution in [0.15, 0.2) is 21.9 Å². The fourth-order valence-corrected chi connectivity index (χ4v) is 5.13. The molecule has 0 saturated carbocycles. The van der Waals surface area contributed by atoms with E-state index in [-0.39, 0.29) is 95.0 Å². The van der Waals surface area contributed by atoms with Crippen molar-refractivity contribution in [3.05, 3.63) is 33.1 Å². The molecule has 6 N–H and O–H groups in total. The topological polar surface area (TPSA) is 330 Å². The zero-order chi connectivity index (χ0) is 28.3. The SMILES string of the molecule is O=CC(O)C(O)C(O)C(OP(=O)(OCC1OC(n2ccc(=O)[nH]c2=O)C(O)C1O)OP(=O)([O-])[O-])C(=O)[O-].[Na+].[Na+].[Na+]. The van der Waals surface area contributed by atoms with Crippen molar-refractivity contribution < 1.29 is 166 Å². The van der Waals surface area contributed by atoms with E-state index in [1.807, 2.05) is 4.98 Å². The average molecular weight is 646 g/mol. The molecule has 1 aliphatic rings. The summed E-state index contributed by atoms with van der Waals surface area (Å²) in [7, 11) is -12.2. The molecule has 1 aliphatic heterocycles. The number of aliphatic hydroxyl groups excluding tert-OH is 5. The van der Waals surface area contributed by atoms with Crippen LogP contribution in [-0.2, 0) is 36.8 Å². The van der Waals surface area contributed by atoms with E-state index in [0.29, 0.717) is 4.57 Å². The number of carbonyl (C=O) groups excluding carboxylic acids is 2. The van der Waals surface area contributed by atoms with Crippen LogP contribution in [0.4, 0.5) is 0 Å². The molecule has 1 aromatic rings. The quantitative estimate of drug-likeness (QED) is 0.0658. The summed E-state index contributed by atoms with van der Waals surface area (Å²) in [6, 6.07) is 0.852. The summed E-state index contributed by atoms with van der Waals surface area (Å²) >= 11 is 0. The van der Waals surface area contributed by atoms with E-state index in [4.69, 9.17) is 4.74 Å². The maximum Gasteiger partial charge on any atom is 1.00 e. The Morgan fingerprint density at radius 2 is 1.70 bits per heavy atom. The fraction of sp³-hybridized carbons (Fsp3) is 0.600. The van der Waals surface area contributed by atoms with Gasteiger partial charge in [0, 0.05) is 12.3 Å². The number of carboxylic acids is 1. The molecular formula is C15H19N2Na3O18P2. The third-order valence-corrected chi connectivity index (χ3v) is 7.23. The van der Waals surface area contributed by atoms with E-state index >= 15 is 0 Å². The number of aromatic amines is 1. The summed E-state index contributed by atoms with van der Waals surface area (Å²) < 4.78 is 42.0. The maximum absolute atomic E-state index is 12.7. The van der Waals surface area contributed by atoms with E-state index in [2.05, 4.69) is 13.4 Å². The first kappa shape index (κ1) is 43.0. The Kier molecular flexibility index (Phi) is 19.3. The number of H-pyrrole nitrogens is 1. The van der Waals surface area contributed by atoms with Crippen molar-refractivity contribution in [2.45, 2.75) is 49.0 Å². The number of ether oxygens (including phenoxy) is 1. The molecular weight excluding hydrogens is 627 g/mol. The van der Waals surface area contributed by atoms with Gasteiger partial charge >= 0.3 is 102 Å². The molecule has 0 spiro atoms. The van der Waals surface area contributed by atoms with Gasteiger partial charge in [-0.05, 0) is 0 Å². The molecule has 1 saturated heterocycles. The number of hydrogen-bond donors (Lipinski definition) is 6. The Bertz CT molecular complexity index is 1190. The van der Waals surface area contributed by atoms with Crippen molar-refractivity contribution in [3.63, 3.8) is 0 Å². The monoisotopic (exact) mass is 646 g/mol. The minimum atomic E-state index is -6.32. The van der Waals surface area contributed by atoms with Crippen LogP contribution in [0.25, 0.3) is 0 Å². The summed E-state index contributed by atoms with van der Waals surface area (Å²) in [6.07, 6.45) is -17.8. The van der Waals surface area contributed by atoms with Gasteiger partial charge in [-0.25, -0.2) is 9.36 Å². The Balaban J connectivity index is 0. The molecule has 1 aromatic heterocycles. The van der Waals surface area contributed by atoms with Gasteiger partial charge in [0.1, 0.15) is 42.7 Å². The fourth-order valence-electron chi connectivity index (χ4n) is 2.93. The molecule has 9 atom stereocenters. The standard InChI is InChI=1S/C15H22N2O18P2.3Na/c18-3-5(19)8(21)10(23)12(14(25)26)34-37(31,35-36(28,29)30)32-4-6-9(22)11(24)13(33-6)17-2-1-7(20)16-15(17)27;;;/h1-3,5-6,8-13,19,21-24H,4H2,(H,25,26)(H,16,20,27)(H2,28,29,30);;;/q;3*+1/p-3. The largest absolute Gasteiger partial charge is 1.00 e. The number of carboxylic acid groups (broad SMARTS) is 1. The number of phosphoric acid groups is 2. The van der Waals surface area contributed by atoms with E-state index in [0.717, 1.165) is 12.3 Å². The van der Waals surface area contributed by atoms with Gasteiger partial charge in [0.2, 0.25) is 0 Å². The van der Waals surface area contributed by atoms with Crippen molar-refractivity contribution in [3.8, 4) is 0 Å². The second-order valence-electron chi connectivity index (χ2n) is 7.29. The number of aliphatic hydroxyl groups is 5. The number of aldehydes is 1. The van der Waals surface area contributed by atoms with Crippen LogP contribution in [0.2, 0.25) is 0 Å². The molecule has 9 unspecified atom stereocenters. The third kappa shape index (κ3) is 11.7. The van der Waals surface area contributed by atoms with E-state index in [9.17, 15) is 68.7 Å². The van der Waals surface area contributed by atoms with Gasteiger partial charge in [-0.15, -0.1) is 0 Å². The molecule has 20 nitrogen and oxygen atoms in total. The first-order valence-electron chi connectivity index (χ1n) is 9.69. The summed E-state index contributed by atoms with van der Waals surface area (Å²) in [4.78, 5) is 68.9. The van der Waals surface area contributed by atoms with Crippen molar-refractivity contribution in [2.75, 3.05) is 6.61 Å². The van der Waals surface area contributed by atoms with Crippen molar-refractivity contribution in [1.29, 1.82) is 0 Å². The van der Waals surface area contributed by atoms with Crippen LogP contribution >= 0.6 is 15.6 Å². The predicted octanol–water partition coefficient (Wildman–Crippen LogP) is -16.4. The van der Waals surface area contributed by atoms with Crippen LogP contribution in [0.1, 0.15) is 6.23 Å². The molecule has 0 amide bonds. The number of carbonyl (C=O) groups is 2. The summed E-state index contributed by atoms with van der Waals surface area (Å²) in [6.45, 7) is -1.29. The molecule has 0 radical (unpaired) electrons. The number of nitrogens with one attached hydrogen (secondary N) is 1. The number of aliphatic carboxylic acids is 1. The van der Waals surface area contributed by atoms with Crippen molar-refractivity contribution >= 4 is 27.9 Å². The third-order valence-electron chi connectivity index (χ3n) is 4.68. The Hall–Kier alpha value is 0.840. The van der Waals surface area contributed by atoms with Gasteiger partial charge in [0.05, 0.1) is 20.4 Å². The number of hydrogen-bond acceptors (Lipinski definition) is 18. The Morgan fingerprint density at radius 3 is 2.17 bits per heavy atom. The minimum absolute atomic E-state index is 0. The van der Waals surface area contributed by atoms with Crippen LogP contribution in [0.3, 0.4) is 0 Å². The van der Waals surface area contributed by atoms with Gasteiger partial charge in [-0.2, -0.15) is 0 Å². The van der Waals surface area contributed by atoms with E-state index in [1.54, 1.807) is 0 Å². The van der Waals surface area contributed by atoms with Gasteiger partial charge in [0.15, 0.2) is 12.5 Å². The molecule has 0 bridgehead atoms. The van der Waals surface area contributed by atoms with E-state index < -0.39 is 88.4 Å². The molecule has 2 rings (SSSR count).